The van der Waals surface area contributed by atoms with Crippen molar-refractivity contribution in [3.8, 4) is 11.3 Å². The third-order valence-electron chi connectivity index (χ3n) is 7.83. The summed E-state index contributed by atoms with van der Waals surface area (Å²) in [5.74, 6) is -1.36. The minimum Gasteiger partial charge on any atom is -0.324 e. The molecule has 1 aliphatic heterocycles. The number of halogens is 3. The highest BCUT2D eigenvalue weighted by Gasteiger charge is 2.40. The summed E-state index contributed by atoms with van der Waals surface area (Å²) in [4.78, 5) is 32.4. The van der Waals surface area contributed by atoms with Crippen molar-refractivity contribution in [2.75, 3.05) is 30.3 Å². The highest BCUT2D eigenvalue weighted by molar-refractivity contribution is 6.06. The van der Waals surface area contributed by atoms with Crippen molar-refractivity contribution in [1.29, 1.82) is 5.41 Å². The SMILES string of the molecule is CCCC(=N)[C@H](CN1CCCC1)c1cccc(C(=O)Nc2ccc(C)c(Nc3nccc(-c4cncnc4)n3)c2)c1C(F)(F)F. The zero-order valence-corrected chi connectivity index (χ0v) is 25.2. The molecule has 1 saturated heterocycles. The van der Waals surface area contributed by atoms with Crippen LogP contribution >= 0.6 is 0 Å². The first kappa shape index (κ1) is 31.7. The lowest BCUT2D eigenvalue weighted by Crippen LogP contribution is -2.32. The van der Waals surface area contributed by atoms with Crippen molar-refractivity contribution in [3.63, 3.8) is 0 Å². The first-order valence-electron chi connectivity index (χ1n) is 14.9. The van der Waals surface area contributed by atoms with Crippen molar-refractivity contribution in [3.05, 3.63) is 89.6 Å². The maximum absolute atomic E-state index is 14.7. The number of nitrogens with zero attached hydrogens (tertiary/aromatic N) is 5. The second-order valence-electron chi connectivity index (χ2n) is 11.1. The number of benzene rings is 2. The monoisotopic (exact) mass is 616 g/mol. The predicted octanol–water partition coefficient (Wildman–Crippen LogP) is 7.26. The molecule has 9 nitrogen and oxygen atoms in total. The van der Waals surface area contributed by atoms with E-state index in [0.29, 0.717) is 42.0 Å². The van der Waals surface area contributed by atoms with Crippen LogP contribution < -0.4 is 10.6 Å². The van der Waals surface area contributed by atoms with Crippen LogP contribution in [0.1, 0.15) is 65.6 Å². The van der Waals surface area contributed by atoms with Gasteiger partial charge < -0.3 is 20.9 Å². The van der Waals surface area contributed by atoms with E-state index < -0.39 is 29.1 Å². The summed E-state index contributed by atoms with van der Waals surface area (Å²) in [6.45, 7) is 5.65. The molecular formula is C33H35F3N8O. The highest BCUT2D eigenvalue weighted by Crippen LogP contribution is 2.39. The van der Waals surface area contributed by atoms with Gasteiger partial charge in [0, 0.05) is 53.7 Å². The van der Waals surface area contributed by atoms with Crippen molar-refractivity contribution in [2.24, 2.45) is 0 Å². The second-order valence-corrected chi connectivity index (χ2v) is 11.1. The fourth-order valence-electron chi connectivity index (χ4n) is 5.59. The zero-order valence-electron chi connectivity index (χ0n) is 25.2. The van der Waals surface area contributed by atoms with Gasteiger partial charge in [0.2, 0.25) is 5.95 Å². The lowest BCUT2D eigenvalue weighted by molar-refractivity contribution is -0.138. The average molecular weight is 617 g/mol. The Hall–Kier alpha value is -4.71. The molecule has 0 spiro atoms. The number of carbonyl (C=O) groups is 1. The van der Waals surface area contributed by atoms with Crippen LogP contribution in [0, 0.1) is 12.3 Å². The van der Waals surface area contributed by atoms with Gasteiger partial charge in [0.1, 0.15) is 6.33 Å². The molecular weight excluding hydrogens is 581 g/mol. The molecule has 1 aliphatic rings. The molecule has 5 rings (SSSR count). The number of likely N-dealkylation sites (tertiary alicyclic amines) is 1. The minimum absolute atomic E-state index is 0.0346. The van der Waals surface area contributed by atoms with E-state index in [9.17, 15) is 18.0 Å². The summed E-state index contributed by atoms with van der Waals surface area (Å²) in [6, 6.07) is 10.8. The Kier molecular flexibility index (Phi) is 9.82. The lowest BCUT2D eigenvalue weighted by Gasteiger charge is -2.28. The number of alkyl halides is 3. The second kappa shape index (κ2) is 13.9. The Balaban J connectivity index is 1.43. The smallest absolute Gasteiger partial charge is 0.324 e. The van der Waals surface area contributed by atoms with Crippen LogP contribution in [0.5, 0.6) is 0 Å². The van der Waals surface area contributed by atoms with E-state index in [1.54, 1.807) is 42.9 Å². The van der Waals surface area contributed by atoms with Crippen LogP contribution in [-0.2, 0) is 6.18 Å². The summed E-state index contributed by atoms with van der Waals surface area (Å²) >= 11 is 0. The fourth-order valence-corrected chi connectivity index (χ4v) is 5.59. The molecule has 4 aromatic rings. The Morgan fingerprint density at radius 2 is 1.84 bits per heavy atom. The van der Waals surface area contributed by atoms with Crippen molar-refractivity contribution in [1.82, 2.24) is 24.8 Å². The van der Waals surface area contributed by atoms with E-state index in [0.717, 1.165) is 31.5 Å². The maximum atomic E-state index is 14.7. The molecule has 2 aromatic carbocycles. The number of rotatable bonds is 11. The Morgan fingerprint density at radius 3 is 2.56 bits per heavy atom. The third-order valence-corrected chi connectivity index (χ3v) is 7.83. The summed E-state index contributed by atoms with van der Waals surface area (Å²) in [5, 5.41) is 14.5. The summed E-state index contributed by atoms with van der Waals surface area (Å²) < 4.78 is 44.2. The van der Waals surface area contributed by atoms with Crippen LogP contribution in [0.25, 0.3) is 11.3 Å². The summed E-state index contributed by atoms with van der Waals surface area (Å²) in [7, 11) is 0. The van der Waals surface area contributed by atoms with Gasteiger partial charge in [-0.25, -0.2) is 19.9 Å². The minimum atomic E-state index is -4.80. The van der Waals surface area contributed by atoms with E-state index in [1.807, 2.05) is 13.8 Å². The number of amides is 1. The van der Waals surface area contributed by atoms with Crippen LogP contribution in [0.15, 0.2) is 67.4 Å². The molecule has 3 N–H and O–H groups in total. The number of hydrogen-bond donors (Lipinski definition) is 3. The number of hydrogen-bond acceptors (Lipinski definition) is 8. The molecule has 0 aliphatic carbocycles. The Labute approximate surface area is 259 Å². The first-order chi connectivity index (χ1) is 21.6. The quantitative estimate of drug-likeness (QED) is 0.152. The first-order valence-corrected chi connectivity index (χ1v) is 14.9. The molecule has 234 valence electrons. The molecule has 2 aromatic heterocycles. The molecule has 0 radical (unpaired) electrons. The predicted molar refractivity (Wildman–Crippen MR) is 168 cm³/mol. The number of anilines is 3. The largest absolute Gasteiger partial charge is 0.417 e. The van der Waals surface area contributed by atoms with Crippen molar-refractivity contribution in [2.45, 2.75) is 51.6 Å². The fraction of sp³-hybridized carbons (Fsp3) is 0.333. The molecule has 0 saturated carbocycles. The molecule has 3 heterocycles. The van der Waals surface area contributed by atoms with Gasteiger partial charge in [-0.15, -0.1) is 0 Å². The normalized spacial score (nSPS) is 14.2. The van der Waals surface area contributed by atoms with Gasteiger partial charge in [0.15, 0.2) is 0 Å². The van der Waals surface area contributed by atoms with Crippen molar-refractivity contribution >= 4 is 28.9 Å². The number of carbonyl (C=O) groups excluding carboxylic acids is 1. The molecule has 0 bridgehead atoms. The number of nitrogens with one attached hydrogen (secondary N) is 3. The van der Waals surface area contributed by atoms with Gasteiger partial charge in [0.05, 0.1) is 16.8 Å². The molecule has 1 fully saturated rings. The lowest BCUT2D eigenvalue weighted by atomic mass is 9.85. The van der Waals surface area contributed by atoms with E-state index in [2.05, 4.69) is 35.5 Å². The van der Waals surface area contributed by atoms with Crippen LogP contribution in [-0.4, -0.2) is 56.1 Å². The Morgan fingerprint density at radius 1 is 1.09 bits per heavy atom. The van der Waals surface area contributed by atoms with Gasteiger partial charge in [-0.2, -0.15) is 13.2 Å². The number of aryl methyl sites for hydroxylation is 1. The van der Waals surface area contributed by atoms with E-state index in [1.165, 1.54) is 24.5 Å². The molecule has 45 heavy (non-hydrogen) atoms. The third kappa shape index (κ3) is 7.69. The van der Waals surface area contributed by atoms with Gasteiger partial charge in [-0.3, -0.25) is 4.79 Å². The molecule has 0 unspecified atom stereocenters. The standard InChI is InChI=1S/C33H35F3N8O/c1-3-7-27(37)26(19-44-14-4-5-15-44)24-8-6-9-25(30(24)33(34,35)36)31(45)41-23-11-10-21(2)29(16-23)43-32-40-13-12-28(42-32)22-17-38-20-39-18-22/h6,8-13,16-18,20,26,37H,3-5,7,14-15,19H2,1-2H3,(H,41,45)(H,40,42,43)/t26-/m1/s1. The van der Waals surface area contributed by atoms with Gasteiger partial charge in [-0.05, 0) is 74.7 Å². The van der Waals surface area contributed by atoms with Gasteiger partial charge in [-0.1, -0.05) is 31.5 Å². The van der Waals surface area contributed by atoms with Crippen LogP contribution in [0.4, 0.5) is 30.5 Å². The van der Waals surface area contributed by atoms with E-state index >= 15 is 0 Å². The average Bonchev–Trinajstić information content (AvgIpc) is 3.55. The van der Waals surface area contributed by atoms with Gasteiger partial charge in [0.25, 0.3) is 5.91 Å². The zero-order chi connectivity index (χ0) is 32.0. The van der Waals surface area contributed by atoms with Gasteiger partial charge >= 0.3 is 6.18 Å². The maximum Gasteiger partial charge on any atom is 0.417 e. The van der Waals surface area contributed by atoms with Crippen LogP contribution in [0.2, 0.25) is 0 Å². The molecule has 12 heteroatoms. The van der Waals surface area contributed by atoms with Crippen LogP contribution in [0.3, 0.4) is 0 Å². The Bertz CT molecular complexity index is 1660. The number of aromatic nitrogens is 4. The molecule has 1 amide bonds. The molecule has 1 atom stereocenters. The van der Waals surface area contributed by atoms with E-state index in [-0.39, 0.29) is 17.2 Å². The summed E-state index contributed by atoms with van der Waals surface area (Å²) in [6.07, 6.45) is 4.47. The highest BCUT2D eigenvalue weighted by atomic mass is 19.4. The topological polar surface area (TPSA) is 120 Å². The van der Waals surface area contributed by atoms with Crippen molar-refractivity contribution < 1.29 is 18.0 Å². The van der Waals surface area contributed by atoms with E-state index in [4.69, 9.17) is 5.41 Å². The summed E-state index contributed by atoms with van der Waals surface area (Å²) in [5.41, 5.74) is 1.72.